The van der Waals surface area contributed by atoms with Crippen LogP contribution in [0.5, 0.6) is 0 Å². The van der Waals surface area contributed by atoms with Gasteiger partial charge in [-0.1, -0.05) is 18.6 Å². The largest absolute Gasteiger partial charge is 0.271 e. The predicted molar refractivity (Wildman–Crippen MR) is 60.7 cm³/mol. The molecule has 2 saturated carbocycles. The lowest BCUT2D eigenvalue weighted by molar-refractivity contribution is 0.399. The van der Waals surface area contributed by atoms with Gasteiger partial charge in [0.25, 0.3) is 0 Å². The van der Waals surface area contributed by atoms with Gasteiger partial charge in [0.2, 0.25) is 0 Å². The van der Waals surface area contributed by atoms with E-state index in [0.29, 0.717) is 23.3 Å². The molecule has 2 nitrogen and oxygen atoms in total. The van der Waals surface area contributed by atoms with Gasteiger partial charge in [-0.3, -0.25) is 11.3 Å². The summed E-state index contributed by atoms with van der Waals surface area (Å²) in [6.45, 7) is 0. The molecule has 2 aliphatic carbocycles. The van der Waals surface area contributed by atoms with Crippen molar-refractivity contribution < 1.29 is 8.78 Å². The Bertz CT molecular complexity index is 425. The van der Waals surface area contributed by atoms with Gasteiger partial charge in [-0.15, -0.1) is 0 Å². The molecule has 4 heteroatoms. The van der Waals surface area contributed by atoms with E-state index in [1.54, 1.807) is 6.07 Å². The monoisotopic (exact) mass is 238 g/mol. The zero-order valence-electron chi connectivity index (χ0n) is 9.50. The first-order chi connectivity index (χ1) is 8.24. The standard InChI is InChI=1S/C13H16F2N2/c14-10-6-2-5-9(12(10)15)13(17-16)11-7-3-1-4-8(7)11/h2,5-8,11,13,17H,1,3-4,16H2. The third kappa shape index (κ3) is 1.67. The second-order valence-corrected chi connectivity index (χ2v) is 5.12. The summed E-state index contributed by atoms with van der Waals surface area (Å²) in [5, 5.41) is 0. The van der Waals surface area contributed by atoms with Crippen LogP contribution >= 0.6 is 0 Å². The fourth-order valence-electron chi connectivity index (χ4n) is 3.54. The maximum atomic E-state index is 13.7. The number of hydrazine groups is 1. The SMILES string of the molecule is NNC(c1cccc(F)c1F)C1C2CCCC21. The summed E-state index contributed by atoms with van der Waals surface area (Å²) >= 11 is 0. The second-order valence-electron chi connectivity index (χ2n) is 5.12. The molecule has 0 heterocycles. The highest BCUT2D eigenvalue weighted by molar-refractivity contribution is 5.26. The highest BCUT2D eigenvalue weighted by Gasteiger charge is 2.56. The van der Waals surface area contributed by atoms with E-state index in [9.17, 15) is 8.78 Å². The van der Waals surface area contributed by atoms with Crippen molar-refractivity contribution >= 4 is 0 Å². The molecule has 0 spiro atoms. The number of hydrogen-bond acceptors (Lipinski definition) is 2. The molecular formula is C13H16F2N2. The molecule has 1 aromatic rings. The van der Waals surface area contributed by atoms with Gasteiger partial charge in [-0.2, -0.15) is 0 Å². The van der Waals surface area contributed by atoms with Gasteiger partial charge in [0, 0.05) is 5.56 Å². The lowest BCUT2D eigenvalue weighted by Gasteiger charge is -2.19. The Morgan fingerprint density at radius 2 is 1.94 bits per heavy atom. The topological polar surface area (TPSA) is 38.0 Å². The highest BCUT2D eigenvalue weighted by atomic mass is 19.2. The zero-order valence-corrected chi connectivity index (χ0v) is 9.50. The number of benzene rings is 1. The van der Waals surface area contributed by atoms with E-state index >= 15 is 0 Å². The maximum Gasteiger partial charge on any atom is 0.163 e. The summed E-state index contributed by atoms with van der Waals surface area (Å²) in [6, 6.07) is 4.05. The molecule has 0 aliphatic heterocycles. The number of nitrogens with two attached hydrogens (primary N) is 1. The summed E-state index contributed by atoms with van der Waals surface area (Å²) in [7, 11) is 0. The van der Waals surface area contributed by atoms with Gasteiger partial charge >= 0.3 is 0 Å². The van der Waals surface area contributed by atoms with E-state index in [4.69, 9.17) is 5.84 Å². The minimum absolute atomic E-state index is 0.249. The average Bonchev–Trinajstić information content (AvgIpc) is 2.80. The van der Waals surface area contributed by atoms with Crippen LogP contribution in [0.2, 0.25) is 0 Å². The van der Waals surface area contributed by atoms with E-state index in [0.717, 1.165) is 6.07 Å². The van der Waals surface area contributed by atoms with Crippen molar-refractivity contribution in [3.05, 3.63) is 35.4 Å². The number of rotatable bonds is 3. The number of nitrogens with one attached hydrogen (secondary N) is 1. The van der Waals surface area contributed by atoms with Crippen LogP contribution in [0.3, 0.4) is 0 Å². The number of hydrogen-bond donors (Lipinski definition) is 2. The molecule has 0 amide bonds. The fraction of sp³-hybridized carbons (Fsp3) is 0.538. The van der Waals surface area contributed by atoms with E-state index < -0.39 is 11.6 Å². The van der Waals surface area contributed by atoms with Crippen LogP contribution in [0.4, 0.5) is 8.78 Å². The lowest BCUT2D eigenvalue weighted by atomic mass is 9.97. The molecule has 0 radical (unpaired) electrons. The summed E-state index contributed by atoms with van der Waals surface area (Å²) in [5.41, 5.74) is 3.04. The van der Waals surface area contributed by atoms with Gasteiger partial charge in [0.05, 0.1) is 6.04 Å². The van der Waals surface area contributed by atoms with E-state index in [-0.39, 0.29) is 6.04 Å². The predicted octanol–water partition coefficient (Wildman–Crippen LogP) is 2.52. The van der Waals surface area contributed by atoms with Crippen LogP contribution in [0.25, 0.3) is 0 Å². The van der Waals surface area contributed by atoms with E-state index in [1.807, 2.05) is 0 Å². The van der Waals surface area contributed by atoms with Crippen LogP contribution in [0, 0.1) is 29.4 Å². The van der Waals surface area contributed by atoms with E-state index in [2.05, 4.69) is 5.43 Å². The molecule has 2 fully saturated rings. The maximum absolute atomic E-state index is 13.7. The Morgan fingerprint density at radius 1 is 1.24 bits per heavy atom. The smallest absolute Gasteiger partial charge is 0.163 e. The quantitative estimate of drug-likeness (QED) is 0.627. The summed E-state index contributed by atoms with van der Waals surface area (Å²) in [4.78, 5) is 0. The normalized spacial score (nSPS) is 32.3. The van der Waals surface area contributed by atoms with Crippen LogP contribution in [0.1, 0.15) is 30.9 Å². The second kappa shape index (κ2) is 4.03. The molecular weight excluding hydrogens is 222 g/mol. The molecule has 17 heavy (non-hydrogen) atoms. The average molecular weight is 238 g/mol. The van der Waals surface area contributed by atoms with Gasteiger partial charge < -0.3 is 0 Å². The van der Waals surface area contributed by atoms with Crippen molar-refractivity contribution in [1.82, 2.24) is 5.43 Å². The van der Waals surface area contributed by atoms with Crippen molar-refractivity contribution in [2.75, 3.05) is 0 Å². The molecule has 0 saturated heterocycles. The molecule has 1 aromatic carbocycles. The minimum atomic E-state index is -0.798. The Balaban J connectivity index is 1.88. The van der Waals surface area contributed by atoms with Gasteiger partial charge in [-0.25, -0.2) is 8.78 Å². The zero-order chi connectivity index (χ0) is 12.0. The molecule has 0 aromatic heterocycles. The highest BCUT2D eigenvalue weighted by Crippen LogP contribution is 2.62. The lowest BCUT2D eigenvalue weighted by Crippen LogP contribution is -2.31. The third-order valence-electron chi connectivity index (χ3n) is 4.35. The Hall–Kier alpha value is -1.00. The van der Waals surface area contributed by atoms with Crippen molar-refractivity contribution in [2.24, 2.45) is 23.6 Å². The van der Waals surface area contributed by atoms with Crippen LogP contribution < -0.4 is 11.3 Å². The van der Waals surface area contributed by atoms with Gasteiger partial charge in [0.15, 0.2) is 11.6 Å². The van der Waals surface area contributed by atoms with Crippen molar-refractivity contribution in [1.29, 1.82) is 0 Å². The summed E-state index contributed by atoms with van der Waals surface area (Å²) < 4.78 is 26.9. The number of fused-ring (bicyclic) bond motifs is 1. The Morgan fingerprint density at radius 3 is 2.59 bits per heavy atom. The van der Waals surface area contributed by atoms with Crippen LogP contribution in [-0.4, -0.2) is 0 Å². The first kappa shape index (κ1) is 11.1. The van der Waals surface area contributed by atoms with Gasteiger partial charge in [0.1, 0.15) is 0 Å². The molecule has 3 atom stereocenters. The van der Waals surface area contributed by atoms with Crippen LogP contribution in [0.15, 0.2) is 18.2 Å². The van der Waals surface area contributed by atoms with Crippen molar-refractivity contribution in [3.63, 3.8) is 0 Å². The summed E-state index contributed by atoms with van der Waals surface area (Å²) in [5.74, 6) is 5.65. The Kier molecular flexibility index (Phi) is 2.64. The van der Waals surface area contributed by atoms with Crippen LogP contribution in [-0.2, 0) is 0 Å². The fourth-order valence-corrected chi connectivity index (χ4v) is 3.54. The molecule has 3 rings (SSSR count). The minimum Gasteiger partial charge on any atom is -0.271 e. The third-order valence-corrected chi connectivity index (χ3v) is 4.35. The van der Waals surface area contributed by atoms with Gasteiger partial charge in [-0.05, 0) is 36.7 Å². The molecule has 0 bridgehead atoms. The molecule has 3 N–H and O–H groups in total. The first-order valence-corrected chi connectivity index (χ1v) is 6.14. The summed E-state index contributed by atoms with van der Waals surface area (Å²) in [6.07, 6.45) is 3.66. The Labute approximate surface area is 99.2 Å². The van der Waals surface area contributed by atoms with Crippen molar-refractivity contribution in [2.45, 2.75) is 25.3 Å². The number of halogens is 2. The molecule has 92 valence electrons. The molecule has 2 aliphatic rings. The molecule has 3 unspecified atom stereocenters. The van der Waals surface area contributed by atoms with E-state index in [1.165, 1.54) is 25.3 Å². The van der Waals surface area contributed by atoms with Crippen molar-refractivity contribution in [3.8, 4) is 0 Å². The first-order valence-electron chi connectivity index (χ1n) is 6.14.